The van der Waals surface area contributed by atoms with Crippen LogP contribution in [0.25, 0.3) is 5.69 Å². The number of anilines is 1. The van der Waals surface area contributed by atoms with E-state index in [1.54, 1.807) is 4.68 Å². The summed E-state index contributed by atoms with van der Waals surface area (Å²) in [6.45, 7) is 6.32. The Morgan fingerprint density at radius 2 is 2.21 bits per heavy atom. The summed E-state index contributed by atoms with van der Waals surface area (Å²) in [5.74, 6) is 0.788. The second-order valence-corrected chi connectivity index (χ2v) is 4.88. The van der Waals surface area contributed by atoms with Crippen LogP contribution in [0.15, 0.2) is 24.3 Å². The summed E-state index contributed by atoms with van der Waals surface area (Å²) in [7, 11) is 0. The molecule has 0 saturated heterocycles. The van der Waals surface area contributed by atoms with Gasteiger partial charge in [0.15, 0.2) is 5.82 Å². The molecule has 5 heteroatoms. The van der Waals surface area contributed by atoms with Gasteiger partial charge in [0, 0.05) is 11.7 Å². The molecule has 0 aliphatic carbocycles. The Balaban J connectivity index is 2.09. The van der Waals surface area contributed by atoms with Gasteiger partial charge >= 0.3 is 0 Å². The van der Waals surface area contributed by atoms with Gasteiger partial charge in [-0.15, -0.1) is 5.10 Å². The maximum absolute atomic E-state index is 3.98. The van der Waals surface area contributed by atoms with Gasteiger partial charge in [-0.25, -0.2) is 0 Å². The first-order valence-corrected chi connectivity index (χ1v) is 6.82. The minimum atomic E-state index is 0.477. The monoisotopic (exact) mass is 259 g/mol. The molecule has 1 heterocycles. The van der Waals surface area contributed by atoms with Crippen LogP contribution in [0.1, 0.15) is 38.9 Å². The van der Waals surface area contributed by atoms with Crippen molar-refractivity contribution in [2.75, 3.05) is 5.32 Å². The highest BCUT2D eigenvalue weighted by atomic mass is 15.5. The molecule has 1 N–H and O–H groups in total. The Hall–Kier alpha value is -1.91. The molecule has 1 aromatic heterocycles. The van der Waals surface area contributed by atoms with Gasteiger partial charge in [0.1, 0.15) is 0 Å². The highest BCUT2D eigenvalue weighted by Gasteiger charge is 2.06. The van der Waals surface area contributed by atoms with Crippen molar-refractivity contribution in [1.29, 1.82) is 0 Å². The zero-order valence-electron chi connectivity index (χ0n) is 11.8. The van der Waals surface area contributed by atoms with Gasteiger partial charge in [0.2, 0.25) is 0 Å². The normalized spacial score (nSPS) is 12.4. The topological polar surface area (TPSA) is 55.6 Å². The van der Waals surface area contributed by atoms with Crippen molar-refractivity contribution < 1.29 is 0 Å². The molecule has 0 aliphatic rings. The number of hydrogen-bond donors (Lipinski definition) is 1. The van der Waals surface area contributed by atoms with Crippen molar-refractivity contribution in [3.05, 3.63) is 30.1 Å². The molecule has 0 aliphatic heterocycles. The maximum atomic E-state index is 3.98. The van der Waals surface area contributed by atoms with E-state index in [2.05, 4.69) is 46.8 Å². The van der Waals surface area contributed by atoms with E-state index < -0.39 is 0 Å². The van der Waals surface area contributed by atoms with E-state index in [9.17, 15) is 0 Å². The van der Waals surface area contributed by atoms with Crippen LogP contribution in [0.2, 0.25) is 0 Å². The van der Waals surface area contributed by atoms with Crippen LogP contribution in [0.3, 0.4) is 0 Å². The molecule has 0 saturated carbocycles. The number of aromatic nitrogens is 4. The standard InChI is InChI=1S/C14H21N5/c1-4-5-7-11(2)15-13-8-6-9-14(10-13)19-12(3)16-17-18-19/h6,8-11,15H,4-5,7H2,1-3H3. The van der Waals surface area contributed by atoms with Crippen molar-refractivity contribution in [3.63, 3.8) is 0 Å². The average Bonchev–Trinajstić information content (AvgIpc) is 2.83. The number of benzene rings is 1. The van der Waals surface area contributed by atoms with Crippen LogP contribution in [0.4, 0.5) is 5.69 Å². The molecule has 2 aromatic rings. The van der Waals surface area contributed by atoms with Crippen LogP contribution in [-0.2, 0) is 0 Å². The fraction of sp³-hybridized carbons (Fsp3) is 0.500. The van der Waals surface area contributed by atoms with E-state index >= 15 is 0 Å². The molecule has 0 spiro atoms. The van der Waals surface area contributed by atoms with Gasteiger partial charge in [-0.2, -0.15) is 4.68 Å². The zero-order chi connectivity index (χ0) is 13.7. The summed E-state index contributed by atoms with van der Waals surface area (Å²) in [5, 5.41) is 15.1. The van der Waals surface area contributed by atoms with Gasteiger partial charge in [-0.05, 0) is 48.9 Å². The first kappa shape index (κ1) is 13.5. The van der Waals surface area contributed by atoms with E-state index in [1.165, 1.54) is 19.3 Å². The third kappa shape index (κ3) is 3.53. The summed E-state index contributed by atoms with van der Waals surface area (Å²) in [4.78, 5) is 0. The van der Waals surface area contributed by atoms with Crippen LogP contribution < -0.4 is 5.32 Å². The smallest absolute Gasteiger partial charge is 0.153 e. The molecule has 2 rings (SSSR count). The third-order valence-electron chi connectivity index (χ3n) is 3.12. The second-order valence-electron chi connectivity index (χ2n) is 4.88. The predicted octanol–water partition coefficient (Wildman–Crippen LogP) is 2.96. The molecule has 0 amide bonds. The van der Waals surface area contributed by atoms with Crippen molar-refractivity contribution >= 4 is 5.69 Å². The second kappa shape index (κ2) is 6.31. The Kier molecular flexibility index (Phi) is 4.49. The Morgan fingerprint density at radius 3 is 2.89 bits per heavy atom. The molecular weight excluding hydrogens is 238 g/mol. The molecule has 1 unspecified atom stereocenters. The Labute approximate surface area is 114 Å². The minimum absolute atomic E-state index is 0.477. The highest BCUT2D eigenvalue weighted by molar-refractivity contribution is 5.51. The molecule has 1 aromatic carbocycles. The quantitative estimate of drug-likeness (QED) is 0.866. The predicted molar refractivity (Wildman–Crippen MR) is 76.5 cm³/mol. The summed E-state index contributed by atoms with van der Waals surface area (Å²) in [6.07, 6.45) is 3.67. The van der Waals surface area contributed by atoms with E-state index in [-0.39, 0.29) is 0 Å². The van der Waals surface area contributed by atoms with Crippen molar-refractivity contribution in [2.45, 2.75) is 46.1 Å². The van der Waals surface area contributed by atoms with E-state index in [4.69, 9.17) is 0 Å². The number of unbranched alkanes of at least 4 members (excludes halogenated alkanes) is 1. The Bertz CT molecular complexity index is 520. The van der Waals surface area contributed by atoms with Crippen LogP contribution in [0, 0.1) is 6.92 Å². The Morgan fingerprint density at radius 1 is 1.37 bits per heavy atom. The summed E-state index contributed by atoms with van der Waals surface area (Å²) >= 11 is 0. The lowest BCUT2D eigenvalue weighted by atomic mass is 10.1. The lowest BCUT2D eigenvalue weighted by Crippen LogP contribution is -2.15. The summed E-state index contributed by atoms with van der Waals surface area (Å²) in [5.41, 5.74) is 2.09. The lowest BCUT2D eigenvalue weighted by Gasteiger charge is -2.15. The molecule has 0 radical (unpaired) electrons. The van der Waals surface area contributed by atoms with Crippen molar-refractivity contribution in [3.8, 4) is 5.69 Å². The first-order valence-electron chi connectivity index (χ1n) is 6.82. The van der Waals surface area contributed by atoms with Crippen molar-refractivity contribution in [2.24, 2.45) is 0 Å². The van der Waals surface area contributed by atoms with E-state index in [0.29, 0.717) is 6.04 Å². The van der Waals surface area contributed by atoms with E-state index in [1.807, 2.05) is 19.1 Å². The molecule has 0 bridgehead atoms. The van der Waals surface area contributed by atoms with Gasteiger partial charge in [-0.3, -0.25) is 0 Å². The number of hydrogen-bond acceptors (Lipinski definition) is 4. The molecule has 19 heavy (non-hydrogen) atoms. The number of nitrogens with zero attached hydrogens (tertiary/aromatic N) is 4. The SMILES string of the molecule is CCCCC(C)Nc1cccc(-n2nnnc2C)c1. The van der Waals surface area contributed by atoms with Crippen LogP contribution >= 0.6 is 0 Å². The fourth-order valence-corrected chi connectivity index (χ4v) is 2.06. The van der Waals surface area contributed by atoms with Crippen LogP contribution in [-0.4, -0.2) is 26.2 Å². The van der Waals surface area contributed by atoms with Gasteiger partial charge in [-0.1, -0.05) is 25.8 Å². The van der Waals surface area contributed by atoms with E-state index in [0.717, 1.165) is 17.2 Å². The number of rotatable bonds is 6. The molecular formula is C14H21N5. The van der Waals surface area contributed by atoms with Gasteiger partial charge < -0.3 is 5.32 Å². The molecule has 0 fully saturated rings. The van der Waals surface area contributed by atoms with Gasteiger partial charge in [0.25, 0.3) is 0 Å². The average molecular weight is 259 g/mol. The lowest BCUT2D eigenvalue weighted by molar-refractivity contribution is 0.645. The largest absolute Gasteiger partial charge is 0.383 e. The highest BCUT2D eigenvalue weighted by Crippen LogP contribution is 2.16. The summed E-state index contributed by atoms with van der Waals surface area (Å²) < 4.78 is 1.74. The first-order chi connectivity index (χ1) is 9.20. The third-order valence-corrected chi connectivity index (χ3v) is 3.12. The summed E-state index contributed by atoms with van der Waals surface area (Å²) in [6, 6.07) is 8.65. The molecule has 102 valence electrons. The van der Waals surface area contributed by atoms with Crippen LogP contribution in [0.5, 0.6) is 0 Å². The van der Waals surface area contributed by atoms with Crippen molar-refractivity contribution in [1.82, 2.24) is 20.2 Å². The fourth-order valence-electron chi connectivity index (χ4n) is 2.06. The maximum Gasteiger partial charge on any atom is 0.153 e. The number of tetrazole rings is 1. The molecule has 1 atom stereocenters. The molecule has 5 nitrogen and oxygen atoms in total. The minimum Gasteiger partial charge on any atom is -0.383 e. The number of aryl methyl sites for hydroxylation is 1. The zero-order valence-corrected chi connectivity index (χ0v) is 11.8. The number of nitrogens with one attached hydrogen (secondary N) is 1. The van der Waals surface area contributed by atoms with Gasteiger partial charge in [0.05, 0.1) is 5.69 Å².